The standard InChI is InChI=1S/C25H30ClF3N4O5/c1-14(2)20-17(27)13-30-33(20)24(21(34)31-18-5-4-15(26)10-19(18)38-23(28)29)6-8-32(9-7-24)16-11-25(12-16,37-3)22(35)36/h4-5,10,13-14,16,23H,6-9,11-12H2,1-3H3,(H,31,34)(H,35,36). The molecule has 2 fully saturated rings. The molecule has 208 valence electrons. The number of carbonyl (C=O) groups excluding carboxylic acids is 1. The predicted molar refractivity (Wildman–Crippen MR) is 132 cm³/mol. The lowest BCUT2D eigenvalue weighted by Gasteiger charge is -2.51. The zero-order chi connectivity index (χ0) is 27.8. The van der Waals surface area contributed by atoms with E-state index in [9.17, 15) is 27.9 Å². The molecule has 1 aromatic carbocycles. The van der Waals surface area contributed by atoms with Crippen molar-refractivity contribution in [3.63, 3.8) is 0 Å². The van der Waals surface area contributed by atoms with E-state index in [-0.39, 0.29) is 47.0 Å². The first kappa shape index (κ1) is 28.2. The third-order valence-electron chi connectivity index (χ3n) is 7.60. The van der Waals surface area contributed by atoms with Crippen LogP contribution in [0.15, 0.2) is 24.4 Å². The lowest BCUT2D eigenvalue weighted by Crippen LogP contribution is -2.63. The third-order valence-corrected chi connectivity index (χ3v) is 7.83. The maximum Gasteiger partial charge on any atom is 0.387 e. The molecule has 0 atom stereocenters. The SMILES string of the molecule is COC1(C(=O)O)CC(N2CCC(C(=O)Nc3ccc(Cl)cc3OC(F)F)(n3ncc(F)c3C(C)C)CC2)C1. The van der Waals surface area contributed by atoms with E-state index in [0.717, 1.165) is 6.20 Å². The molecule has 0 unspecified atom stereocenters. The first-order chi connectivity index (χ1) is 17.9. The molecular weight excluding hydrogens is 529 g/mol. The number of carboxylic acids is 1. The molecule has 2 aliphatic rings. The summed E-state index contributed by atoms with van der Waals surface area (Å²) in [5.74, 6) is -2.72. The van der Waals surface area contributed by atoms with Gasteiger partial charge in [0.15, 0.2) is 17.2 Å². The van der Waals surface area contributed by atoms with Gasteiger partial charge < -0.3 is 19.9 Å². The summed E-state index contributed by atoms with van der Waals surface area (Å²) in [6, 6.07) is 3.91. The van der Waals surface area contributed by atoms with Crippen molar-refractivity contribution in [3.8, 4) is 5.75 Å². The molecule has 1 aliphatic heterocycles. The summed E-state index contributed by atoms with van der Waals surface area (Å²) in [6.45, 7) is 1.24. The maximum atomic E-state index is 14.8. The molecule has 2 N–H and O–H groups in total. The van der Waals surface area contributed by atoms with Crippen LogP contribution >= 0.6 is 11.6 Å². The molecule has 0 spiro atoms. The quantitative estimate of drug-likeness (QED) is 0.468. The van der Waals surface area contributed by atoms with E-state index in [0.29, 0.717) is 25.9 Å². The summed E-state index contributed by atoms with van der Waals surface area (Å²) in [5, 5.41) is 16.6. The Morgan fingerprint density at radius 3 is 2.45 bits per heavy atom. The van der Waals surface area contributed by atoms with Crippen LogP contribution in [-0.4, -0.2) is 70.1 Å². The lowest BCUT2D eigenvalue weighted by atomic mass is 9.73. The highest BCUT2D eigenvalue weighted by Gasteiger charge is 2.55. The number of hydrogen-bond donors (Lipinski definition) is 2. The molecule has 1 saturated carbocycles. The zero-order valence-electron chi connectivity index (χ0n) is 21.2. The van der Waals surface area contributed by atoms with Crippen molar-refractivity contribution < 1.29 is 37.3 Å². The Morgan fingerprint density at radius 2 is 1.89 bits per heavy atom. The summed E-state index contributed by atoms with van der Waals surface area (Å²) >= 11 is 5.94. The number of likely N-dealkylation sites (tertiary alicyclic amines) is 1. The van der Waals surface area contributed by atoms with Crippen molar-refractivity contribution in [3.05, 3.63) is 40.9 Å². The second-order valence-corrected chi connectivity index (χ2v) is 10.5. The number of aromatic nitrogens is 2. The van der Waals surface area contributed by atoms with Gasteiger partial charge in [0.25, 0.3) is 5.91 Å². The number of rotatable bonds is 9. The molecule has 2 heterocycles. The highest BCUT2D eigenvalue weighted by molar-refractivity contribution is 6.30. The molecule has 9 nitrogen and oxygen atoms in total. The first-order valence-corrected chi connectivity index (χ1v) is 12.6. The molecule has 13 heteroatoms. The number of halogens is 4. The summed E-state index contributed by atoms with van der Waals surface area (Å²) in [5.41, 5.74) is -2.31. The van der Waals surface area contributed by atoms with E-state index in [1.165, 1.54) is 30.0 Å². The highest BCUT2D eigenvalue weighted by atomic mass is 35.5. The number of benzene rings is 1. The number of nitrogens with zero attached hydrogens (tertiary/aromatic N) is 3. The van der Waals surface area contributed by atoms with Crippen molar-refractivity contribution in [2.24, 2.45) is 0 Å². The van der Waals surface area contributed by atoms with Crippen molar-refractivity contribution >= 4 is 29.2 Å². The smallest absolute Gasteiger partial charge is 0.387 e. The van der Waals surface area contributed by atoms with Gasteiger partial charge in [-0.1, -0.05) is 25.4 Å². The Kier molecular flexibility index (Phi) is 7.96. The number of anilines is 1. The minimum absolute atomic E-state index is 0.00874. The van der Waals surface area contributed by atoms with E-state index in [1.807, 2.05) is 0 Å². The van der Waals surface area contributed by atoms with E-state index in [1.54, 1.807) is 13.8 Å². The van der Waals surface area contributed by atoms with Crippen LogP contribution in [0.4, 0.5) is 18.9 Å². The third kappa shape index (κ3) is 5.08. The average Bonchev–Trinajstić information content (AvgIpc) is 3.22. The van der Waals surface area contributed by atoms with Gasteiger partial charge in [0.2, 0.25) is 0 Å². The van der Waals surface area contributed by atoms with Gasteiger partial charge in [-0.05, 0) is 30.9 Å². The molecule has 1 aliphatic carbocycles. The van der Waals surface area contributed by atoms with E-state index in [2.05, 4.69) is 20.1 Å². The normalized spacial score (nSPS) is 23.3. The molecule has 2 aromatic rings. The largest absolute Gasteiger partial charge is 0.479 e. The Bertz CT molecular complexity index is 1190. The van der Waals surface area contributed by atoms with Gasteiger partial charge in [0, 0.05) is 50.2 Å². The van der Waals surface area contributed by atoms with Gasteiger partial charge >= 0.3 is 12.6 Å². The van der Waals surface area contributed by atoms with Gasteiger partial charge in [-0.3, -0.25) is 14.4 Å². The summed E-state index contributed by atoms with van der Waals surface area (Å²) in [4.78, 5) is 27.6. The number of methoxy groups -OCH3 is 1. The molecule has 1 amide bonds. The van der Waals surface area contributed by atoms with Gasteiger partial charge in [-0.25, -0.2) is 9.18 Å². The Hall–Kier alpha value is -2.83. The average molecular weight is 559 g/mol. The number of hydrogen-bond acceptors (Lipinski definition) is 6. The minimum atomic E-state index is -3.14. The molecule has 1 saturated heterocycles. The number of amides is 1. The fraction of sp³-hybridized carbons (Fsp3) is 0.560. The number of ether oxygens (including phenoxy) is 2. The molecule has 1 aromatic heterocycles. The van der Waals surface area contributed by atoms with E-state index >= 15 is 0 Å². The van der Waals surface area contributed by atoms with Crippen molar-refractivity contribution in [2.45, 2.75) is 69.2 Å². The fourth-order valence-electron chi connectivity index (χ4n) is 5.41. The number of carboxylic acid groups (broad SMARTS) is 1. The zero-order valence-corrected chi connectivity index (χ0v) is 22.0. The minimum Gasteiger partial charge on any atom is -0.479 e. The van der Waals surface area contributed by atoms with Crippen molar-refractivity contribution in [1.82, 2.24) is 14.7 Å². The van der Waals surface area contributed by atoms with Gasteiger partial charge in [-0.15, -0.1) is 0 Å². The summed E-state index contributed by atoms with van der Waals surface area (Å²) < 4.78 is 52.0. The Balaban J connectivity index is 1.63. The van der Waals surface area contributed by atoms with Crippen LogP contribution in [0.3, 0.4) is 0 Å². The maximum absolute atomic E-state index is 14.8. The second kappa shape index (κ2) is 10.7. The topological polar surface area (TPSA) is 106 Å². The second-order valence-electron chi connectivity index (χ2n) is 10.1. The van der Waals surface area contributed by atoms with Crippen LogP contribution in [0.5, 0.6) is 5.75 Å². The van der Waals surface area contributed by atoms with Crippen LogP contribution in [0.25, 0.3) is 0 Å². The molecular formula is C25H30ClF3N4O5. The fourth-order valence-corrected chi connectivity index (χ4v) is 5.58. The van der Waals surface area contributed by atoms with Crippen LogP contribution < -0.4 is 10.1 Å². The van der Waals surface area contributed by atoms with Crippen LogP contribution in [0, 0.1) is 5.82 Å². The van der Waals surface area contributed by atoms with Crippen molar-refractivity contribution in [2.75, 3.05) is 25.5 Å². The van der Waals surface area contributed by atoms with Crippen LogP contribution in [-0.2, 0) is 19.9 Å². The molecule has 38 heavy (non-hydrogen) atoms. The monoisotopic (exact) mass is 558 g/mol. The Labute approximate surface area is 222 Å². The number of alkyl halides is 2. The number of nitrogens with one attached hydrogen (secondary N) is 1. The van der Waals surface area contributed by atoms with Gasteiger partial charge in [0.1, 0.15) is 5.54 Å². The predicted octanol–water partition coefficient (Wildman–Crippen LogP) is 4.46. The molecule has 0 radical (unpaired) electrons. The number of piperidine rings is 1. The summed E-state index contributed by atoms with van der Waals surface area (Å²) in [7, 11) is 1.37. The number of aliphatic carboxylic acids is 1. The van der Waals surface area contributed by atoms with Gasteiger partial charge in [-0.2, -0.15) is 13.9 Å². The molecule has 4 rings (SSSR count). The van der Waals surface area contributed by atoms with Crippen molar-refractivity contribution in [1.29, 1.82) is 0 Å². The number of carbonyl (C=O) groups is 2. The lowest BCUT2D eigenvalue weighted by molar-refractivity contribution is -0.184. The van der Waals surface area contributed by atoms with Crippen LogP contribution in [0.1, 0.15) is 51.1 Å². The van der Waals surface area contributed by atoms with Gasteiger partial charge in [0.05, 0.1) is 17.6 Å². The first-order valence-electron chi connectivity index (χ1n) is 12.2. The Morgan fingerprint density at radius 1 is 1.24 bits per heavy atom. The van der Waals surface area contributed by atoms with E-state index in [4.69, 9.17) is 16.3 Å². The highest BCUT2D eigenvalue weighted by Crippen LogP contribution is 2.43. The van der Waals surface area contributed by atoms with E-state index < -0.39 is 35.4 Å². The summed E-state index contributed by atoms with van der Waals surface area (Å²) in [6.07, 6.45) is 2.13. The van der Waals surface area contributed by atoms with Crippen LogP contribution in [0.2, 0.25) is 5.02 Å². The molecule has 0 bridgehead atoms.